The fourth-order valence-electron chi connectivity index (χ4n) is 3.41. The molecular formula is C23H17ClN4OS2. The van der Waals surface area contributed by atoms with E-state index in [4.69, 9.17) is 11.6 Å². The molecule has 3 heterocycles. The number of nitrogens with zero attached hydrogens (tertiary/aromatic N) is 3. The molecule has 5 nitrogen and oxygen atoms in total. The standard InChI is InChI=1S/C23H17ClN4OS2/c24-18-9-5-4-8-16(18)17-13-30-22-20(17)21(29)26-19(27-22)14-31-23-25-10-11-28(23)12-15-6-2-1-3-7-15/h1-11,13H,12,14H2,(H,26,27,29). The summed E-state index contributed by atoms with van der Waals surface area (Å²) in [5, 5.41) is 4.02. The lowest BCUT2D eigenvalue weighted by Gasteiger charge is -2.07. The van der Waals surface area contributed by atoms with Crippen molar-refractivity contribution in [1.82, 2.24) is 19.5 Å². The van der Waals surface area contributed by atoms with Gasteiger partial charge in [0.05, 0.1) is 11.1 Å². The Morgan fingerprint density at radius 1 is 1.06 bits per heavy atom. The number of benzene rings is 2. The quantitative estimate of drug-likeness (QED) is 0.320. The highest BCUT2D eigenvalue weighted by molar-refractivity contribution is 7.98. The summed E-state index contributed by atoms with van der Waals surface area (Å²) in [6.07, 6.45) is 3.75. The zero-order valence-corrected chi connectivity index (χ0v) is 18.7. The summed E-state index contributed by atoms with van der Waals surface area (Å²) in [7, 11) is 0. The van der Waals surface area contributed by atoms with E-state index in [9.17, 15) is 4.79 Å². The summed E-state index contributed by atoms with van der Waals surface area (Å²) < 4.78 is 2.09. The van der Waals surface area contributed by atoms with Crippen LogP contribution in [0.25, 0.3) is 21.3 Å². The lowest BCUT2D eigenvalue weighted by molar-refractivity contribution is 0.708. The monoisotopic (exact) mass is 464 g/mol. The van der Waals surface area contributed by atoms with Gasteiger partial charge in [-0.05, 0) is 11.6 Å². The van der Waals surface area contributed by atoms with Crippen molar-refractivity contribution in [3.05, 3.63) is 99.1 Å². The van der Waals surface area contributed by atoms with Gasteiger partial charge in [-0.25, -0.2) is 9.97 Å². The van der Waals surface area contributed by atoms with Gasteiger partial charge in [0.2, 0.25) is 0 Å². The van der Waals surface area contributed by atoms with Crippen molar-refractivity contribution in [2.45, 2.75) is 17.5 Å². The molecule has 31 heavy (non-hydrogen) atoms. The predicted octanol–water partition coefficient (Wildman–Crippen LogP) is 5.84. The number of hydrogen-bond acceptors (Lipinski definition) is 5. The van der Waals surface area contributed by atoms with E-state index in [1.165, 1.54) is 16.9 Å². The van der Waals surface area contributed by atoms with Gasteiger partial charge < -0.3 is 9.55 Å². The second kappa shape index (κ2) is 8.70. The Labute approximate surface area is 191 Å². The molecule has 5 rings (SSSR count). The number of halogens is 1. The molecule has 5 aromatic rings. The fourth-order valence-corrected chi connectivity index (χ4v) is 5.43. The maximum atomic E-state index is 12.9. The Morgan fingerprint density at radius 2 is 1.87 bits per heavy atom. The lowest BCUT2D eigenvalue weighted by Crippen LogP contribution is -2.11. The minimum Gasteiger partial charge on any atom is -0.322 e. The Bertz CT molecular complexity index is 1410. The van der Waals surface area contributed by atoms with Gasteiger partial charge >= 0.3 is 0 Å². The summed E-state index contributed by atoms with van der Waals surface area (Å²) in [5.74, 6) is 1.15. The number of fused-ring (bicyclic) bond motifs is 1. The highest BCUT2D eigenvalue weighted by Gasteiger charge is 2.15. The molecule has 1 N–H and O–H groups in total. The van der Waals surface area contributed by atoms with Gasteiger partial charge in [0.15, 0.2) is 5.16 Å². The van der Waals surface area contributed by atoms with Crippen LogP contribution in [0, 0.1) is 0 Å². The van der Waals surface area contributed by atoms with Gasteiger partial charge in [-0.15, -0.1) is 11.3 Å². The van der Waals surface area contributed by atoms with Gasteiger partial charge in [0.25, 0.3) is 5.56 Å². The Hall–Kier alpha value is -2.87. The third-order valence-electron chi connectivity index (χ3n) is 4.87. The van der Waals surface area contributed by atoms with Crippen LogP contribution in [0.1, 0.15) is 11.4 Å². The van der Waals surface area contributed by atoms with Crippen molar-refractivity contribution in [3.8, 4) is 11.1 Å². The van der Waals surface area contributed by atoms with Crippen molar-refractivity contribution >= 4 is 44.9 Å². The molecule has 3 aromatic heterocycles. The molecule has 0 aliphatic rings. The van der Waals surface area contributed by atoms with Crippen molar-refractivity contribution in [1.29, 1.82) is 0 Å². The van der Waals surface area contributed by atoms with Gasteiger partial charge in [-0.3, -0.25) is 4.79 Å². The molecule has 0 atom stereocenters. The largest absolute Gasteiger partial charge is 0.322 e. The second-order valence-corrected chi connectivity index (χ2v) is 9.14. The van der Waals surface area contributed by atoms with E-state index < -0.39 is 0 Å². The van der Waals surface area contributed by atoms with Crippen molar-refractivity contribution in [3.63, 3.8) is 0 Å². The molecule has 0 spiro atoms. The number of hydrogen-bond donors (Lipinski definition) is 1. The molecule has 0 aliphatic carbocycles. The first-order valence-electron chi connectivity index (χ1n) is 9.62. The summed E-state index contributed by atoms with van der Waals surface area (Å²) >= 11 is 9.34. The highest BCUT2D eigenvalue weighted by atomic mass is 35.5. The normalized spacial score (nSPS) is 11.3. The maximum absolute atomic E-state index is 12.9. The number of imidazole rings is 1. The summed E-state index contributed by atoms with van der Waals surface area (Å²) in [6.45, 7) is 0.748. The summed E-state index contributed by atoms with van der Waals surface area (Å²) in [4.78, 5) is 25.7. The first-order valence-corrected chi connectivity index (χ1v) is 11.9. The third-order valence-corrected chi connectivity index (χ3v) is 7.09. The number of rotatable bonds is 6. The molecule has 0 fully saturated rings. The second-order valence-electron chi connectivity index (χ2n) is 6.93. The summed E-state index contributed by atoms with van der Waals surface area (Å²) in [6, 6.07) is 17.8. The number of H-pyrrole nitrogens is 1. The van der Waals surface area contributed by atoms with Crippen LogP contribution in [0.4, 0.5) is 0 Å². The van der Waals surface area contributed by atoms with Crippen LogP contribution in [0.15, 0.2) is 82.3 Å². The van der Waals surface area contributed by atoms with E-state index in [1.807, 2.05) is 54.0 Å². The van der Waals surface area contributed by atoms with E-state index in [2.05, 4.69) is 31.7 Å². The van der Waals surface area contributed by atoms with Gasteiger partial charge in [0, 0.05) is 40.5 Å². The number of thioether (sulfide) groups is 1. The summed E-state index contributed by atoms with van der Waals surface area (Å²) in [5.41, 5.74) is 2.72. The zero-order valence-electron chi connectivity index (χ0n) is 16.3. The minimum absolute atomic E-state index is 0.149. The third kappa shape index (κ3) is 4.17. The molecule has 154 valence electrons. The average molecular weight is 465 g/mol. The van der Waals surface area contributed by atoms with Crippen LogP contribution in [-0.4, -0.2) is 19.5 Å². The highest BCUT2D eigenvalue weighted by Crippen LogP contribution is 2.35. The van der Waals surface area contributed by atoms with E-state index in [-0.39, 0.29) is 5.56 Å². The van der Waals surface area contributed by atoms with E-state index in [0.29, 0.717) is 26.8 Å². The van der Waals surface area contributed by atoms with E-state index in [1.54, 1.807) is 18.0 Å². The van der Waals surface area contributed by atoms with Crippen LogP contribution < -0.4 is 5.56 Å². The fraction of sp³-hybridized carbons (Fsp3) is 0.0870. The van der Waals surface area contributed by atoms with Crippen molar-refractivity contribution in [2.24, 2.45) is 0 Å². The van der Waals surface area contributed by atoms with Gasteiger partial charge in [-0.1, -0.05) is 71.9 Å². The van der Waals surface area contributed by atoms with Gasteiger partial charge in [0.1, 0.15) is 10.7 Å². The molecule has 0 unspecified atom stereocenters. The van der Waals surface area contributed by atoms with Crippen LogP contribution in [0.5, 0.6) is 0 Å². The Morgan fingerprint density at radius 3 is 2.71 bits per heavy atom. The number of nitrogens with one attached hydrogen (secondary N) is 1. The average Bonchev–Trinajstić information content (AvgIpc) is 3.40. The van der Waals surface area contributed by atoms with Gasteiger partial charge in [-0.2, -0.15) is 0 Å². The topological polar surface area (TPSA) is 63.6 Å². The molecule has 2 aromatic carbocycles. The molecule has 0 bridgehead atoms. The molecule has 0 saturated carbocycles. The first kappa shape index (κ1) is 20.1. The van der Waals surface area contributed by atoms with Crippen LogP contribution >= 0.6 is 34.7 Å². The molecule has 0 aliphatic heterocycles. The zero-order chi connectivity index (χ0) is 21.2. The van der Waals surface area contributed by atoms with E-state index >= 15 is 0 Å². The number of aromatic amines is 1. The minimum atomic E-state index is -0.149. The predicted molar refractivity (Wildman–Crippen MR) is 128 cm³/mol. The van der Waals surface area contributed by atoms with Crippen molar-refractivity contribution < 1.29 is 0 Å². The first-order chi connectivity index (χ1) is 15.2. The smallest absolute Gasteiger partial charge is 0.260 e. The number of aromatic nitrogens is 4. The number of thiophene rings is 1. The Balaban J connectivity index is 1.39. The SMILES string of the molecule is O=c1[nH]c(CSc2nccn2Cc2ccccc2)nc2scc(-c3ccccc3Cl)c12. The molecule has 0 saturated heterocycles. The van der Waals surface area contributed by atoms with Crippen molar-refractivity contribution in [2.75, 3.05) is 0 Å². The van der Waals surface area contributed by atoms with Crippen LogP contribution in [0.3, 0.4) is 0 Å². The van der Waals surface area contributed by atoms with E-state index in [0.717, 1.165) is 22.8 Å². The molecule has 8 heteroatoms. The van der Waals surface area contributed by atoms with Crippen LogP contribution in [0.2, 0.25) is 5.02 Å². The lowest BCUT2D eigenvalue weighted by atomic mass is 10.1. The molecule has 0 amide bonds. The van der Waals surface area contributed by atoms with Crippen LogP contribution in [-0.2, 0) is 12.3 Å². The molecule has 0 radical (unpaired) electrons. The Kier molecular flexibility index (Phi) is 5.63. The maximum Gasteiger partial charge on any atom is 0.260 e. The molecular weight excluding hydrogens is 448 g/mol.